The van der Waals surface area contributed by atoms with Crippen LogP contribution < -0.4 is 5.32 Å². The van der Waals surface area contributed by atoms with Gasteiger partial charge < -0.3 is 19.5 Å². The SMILES string of the molecule is COC(CNC(C)C1CCOC1)OC. The molecule has 1 N–H and O–H groups in total. The predicted octanol–water partition coefficient (Wildman–Crippen LogP) is 0.620. The van der Waals surface area contributed by atoms with Crippen molar-refractivity contribution in [1.82, 2.24) is 5.32 Å². The standard InChI is InChI=1S/C10H21NO3/c1-8(9-4-5-14-7-9)11-6-10(12-2)13-3/h8-11H,4-7H2,1-3H3. The molecule has 0 spiro atoms. The molecule has 0 aromatic carbocycles. The van der Waals surface area contributed by atoms with Gasteiger partial charge in [-0.1, -0.05) is 0 Å². The van der Waals surface area contributed by atoms with E-state index in [1.165, 1.54) is 0 Å². The summed E-state index contributed by atoms with van der Waals surface area (Å²) in [7, 11) is 3.30. The quantitative estimate of drug-likeness (QED) is 0.642. The zero-order valence-corrected chi connectivity index (χ0v) is 9.29. The molecule has 0 aliphatic carbocycles. The van der Waals surface area contributed by atoms with E-state index in [2.05, 4.69) is 12.2 Å². The Labute approximate surface area is 85.9 Å². The molecule has 4 nitrogen and oxygen atoms in total. The van der Waals surface area contributed by atoms with Crippen molar-refractivity contribution in [3.8, 4) is 0 Å². The lowest BCUT2D eigenvalue weighted by Crippen LogP contribution is -2.39. The van der Waals surface area contributed by atoms with Crippen molar-refractivity contribution in [2.45, 2.75) is 25.7 Å². The highest BCUT2D eigenvalue weighted by molar-refractivity contribution is 4.75. The maximum absolute atomic E-state index is 5.34. The van der Waals surface area contributed by atoms with Crippen LogP contribution in [-0.2, 0) is 14.2 Å². The number of nitrogens with one attached hydrogen (secondary N) is 1. The molecule has 0 amide bonds. The van der Waals surface area contributed by atoms with Crippen molar-refractivity contribution >= 4 is 0 Å². The maximum Gasteiger partial charge on any atom is 0.169 e. The summed E-state index contributed by atoms with van der Waals surface area (Å²) in [5, 5.41) is 3.40. The van der Waals surface area contributed by atoms with E-state index in [1.807, 2.05) is 0 Å². The van der Waals surface area contributed by atoms with E-state index < -0.39 is 0 Å². The lowest BCUT2D eigenvalue weighted by molar-refractivity contribution is -0.100. The van der Waals surface area contributed by atoms with Crippen molar-refractivity contribution in [3.05, 3.63) is 0 Å². The third kappa shape index (κ3) is 3.53. The van der Waals surface area contributed by atoms with Gasteiger partial charge in [0.2, 0.25) is 0 Å². The molecule has 1 aliphatic heterocycles. The Balaban J connectivity index is 2.15. The monoisotopic (exact) mass is 203 g/mol. The van der Waals surface area contributed by atoms with Gasteiger partial charge in [0, 0.05) is 33.4 Å². The molecular formula is C10H21NO3. The number of rotatable bonds is 6. The molecule has 0 bridgehead atoms. The second-order valence-corrected chi connectivity index (χ2v) is 3.72. The van der Waals surface area contributed by atoms with E-state index in [0.29, 0.717) is 12.0 Å². The molecule has 0 radical (unpaired) electrons. The van der Waals surface area contributed by atoms with E-state index >= 15 is 0 Å². The molecule has 4 heteroatoms. The summed E-state index contributed by atoms with van der Waals surface area (Å²) in [6, 6.07) is 0.463. The Morgan fingerprint density at radius 2 is 2.14 bits per heavy atom. The summed E-state index contributed by atoms with van der Waals surface area (Å²) in [6.45, 7) is 4.68. The van der Waals surface area contributed by atoms with Gasteiger partial charge in [0.05, 0.1) is 6.61 Å². The topological polar surface area (TPSA) is 39.7 Å². The summed E-state index contributed by atoms with van der Waals surface area (Å²) in [6.07, 6.45) is 0.999. The van der Waals surface area contributed by atoms with Crippen LogP contribution in [0.25, 0.3) is 0 Å². The van der Waals surface area contributed by atoms with Gasteiger partial charge in [0.15, 0.2) is 6.29 Å². The molecule has 1 fully saturated rings. The minimum absolute atomic E-state index is 0.153. The molecule has 84 valence electrons. The number of hydrogen-bond donors (Lipinski definition) is 1. The zero-order chi connectivity index (χ0) is 10.4. The third-order valence-corrected chi connectivity index (χ3v) is 2.80. The van der Waals surface area contributed by atoms with Crippen LogP contribution in [0.5, 0.6) is 0 Å². The van der Waals surface area contributed by atoms with Crippen molar-refractivity contribution in [3.63, 3.8) is 0 Å². The number of hydrogen-bond acceptors (Lipinski definition) is 4. The largest absolute Gasteiger partial charge is 0.381 e. The first-order valence-electron chi connectivity index (χ1n) is 5.14. The van der Waals surface area contributed by atoms with Crippen LogP contribution in [0.3, 0.4) is 0 Å². The van der Waals surface area contributed by atoms with E-state index in [1.54, 1.807) is 14.2 Å². The van der Waals surface area contributed by atoms with Gasteiger partial charge in [-0.05, 0) is 19.3 Å². The Bertz CT molecular complexity index is 144. The molecule has 1 aliphatic rings. The number of methoxy groups -OCH3 is 2. The first-order valence-corrected chi connectivity index (χ1v) is 5.14. The van der Waals surface area contributed by atoms with Gasteiger partial charge in [0.1, 0.15) is 0 Å². The van der Waals surface area contributed by atoms with E-state index in [9.17, 15) is 0 Å². The van der Waals surface area contributed by atoms with Gasteiger partial charge in [-0.25, -0.2) is 0 Å². The van der Waals surface area contributed by atoms with E-state index in [4.69, 9.17) is 14.2 Å². The highest BCUT2D eigenvalue weighted by Crippen LogP contribution is 2.16. The first-order chi connectivity index (χ1) is 6.77. The molecule has 0 aromatic rings. The summed E-state index contributed by atoms with van der Waals surface area (Å²) in [5.41, 5.74) is 0. The molecular weight excluding hydrogens is 182 g/mol. The van der Waals surface area contributed by atoms with Crippen molar-refractivity contribution in [2.24, 2.45) is 5.92 Å². The maximum atomic E-state index is 5.34. The Hall–Kier alpha value is -0.160. The van der Waals surface area contributed by atoms with Gasteiger partial charge in [-0.2, -0.15) is 0 Å². The summed E-state index contributed by atoms with van der Waals surface area (Å²) >= 11 is 0. The molecule has 2 atom stereocenters. The minimum Gasteiger partial charge on any atom is -0.381 e. The molecule has 14 heavy (non-hydrogen) atoms. The second-order valence-electron chi connectivity index (χ2n) is 3.72. The Morgan fingerprint density at radius 3 is 2.64 bits per heavy atom. The van der Waals surface area contributed by atoms with Crippen LogP contribution in [0.15, 0.2) is 0 Å². The summed E-state index contributed by atoms with van der Waals surface area (Å²) in [4.78, 5) is 0. The molecule has 0 aromatic heterocycles. The van der Waals surface area contributed by atoms with Gasteiger partial charge in [0.25, 0.3) is 0 Å². The van der Waals surface area contributed by atoms with Crippen LogP contribution in [0.2, 0.25) is 0 Å². The van der Waals surface area contributed by atoms with Crippen LogP contribution in [0.4, 0.5) is 0 Å². The fourth-order valence-corrected chi connectivity index (χ4v) is 1.66. The van der Waals surface area contributed by atoms with Crippen LogP contribution >= 0.6 is 0 Å². The molecule has 0 saturated carbocycles. The highest BCUT2D eigenvalue weighted by atomic mass is 16.7. The molecule has 2 unspecified atom stereocenters. The normalized spacial score (nSPS) is 24.4. The van der Waals surface area contributed by atoms with Crippen LogP contribution in [0.1, 0.15) is 13.3 Å². The smallest absolute Gasteiger partial charge is 0.169 e. The van der Waals surface area contributed by atoms with Crippen LogP contribution in [-0.4, -0.2) is 46.3 Å². The van der Waals surface area contributed by atoms with Gasteiger partial charge in [-0.15, -0.1) is 0 Å². The summed E-state index contributed by atoms with van der Waals surface area (Å²) < 4.78 is 15.5. The minimum atomic E-state index is -0.153. The third-order valence-electron chi connectivity index (χ3n) is 2.80. The molecule has 1 rings (SSSR count). The van der Waals surface area contributed by atoms with Crippen molar-refractivity contribution in [1.29, 1.82) is 0 Å². The number of ether oxygens (including phenoxy) is 3. The Morgan fingerprint density at radius 1 is 1.43 bits per heavy atom. The Kier molecular flexibility index (Phi) is 5.40. The zero-order valence-electron chi connectivity index (χ0n) is 9.29. The lowest BCUT2D eigenvalue weighted by atomic mass is 10.0. The fraction of sp³-hybridized carbons (Fsp3) is 1.00. The first kappa shape index (κ1) is 11.9. The van der Waals surface area contributed by atoms with Gasteiger partial charge >= 0.3 is 0 Å². The van der Waals surface area contributed by atoms with E-state index in [0.717, 1.165) is 26.2 Å². The van der Waals surface area contributed by atoms with E-state index in [-0.39, 0.29) is 6.29 Å². The second kappa shape index (κ2) is 6.35. The van der Waals surface area contributed by atoms with Crippen molar-refractivity contribution < 1.29 is 14.2 Å². The van der Waals surface area contributed by atoms with Crippen LogP contribution in [0, 0.1) is 5.92 Å². The summed E-state index contributed by atoms with van der Waals surface area (Å²) in [5.74, 6) is 0.629. The average molecular weight is 203 g/mol. The highest BCUT2D eigenvalue weighted by Gasteiger charge is 2.22. The fourth-order valence-electron chi connectivity index (χ4n) is 1.66. The average Bonchev–Trinajstić information content (AvgIpc) is 2.72. The lowest BCUT2D eigenvalue weighted by Gasteiger charge is -2.22. The predicted molar refractivity (Wildman–Crippen MR) is 54.2 cm³/mol. The molecule has 1 heterocycles. The van der Waals surface area contributed by atoms with Gasteiger partial charge in [-0.3, -0.25) is 0 Å². The van der Waals surface area contributed by atoms with Crippen molar-refractivity contribution in [2.75, 3.05) is 34.0 Å². The molecule has 1 saturated heterocycles.